The minimum absolute atomic E-state index is 0.216. The molecule has 8 heteroatoms. The summed E-state index contributed by atoms with van der Waals surface area (Å²) in [5.41, 5.74) is 2.41. The van der Waals surface area contributed by atoms with Crippen molar-refractivity contribution < 1.29 is 8.42 Å². The average Bonchev–Trinajstić information content (AvgIpc) is 3.10. The number of hydrogen-bond donors (Lipinski definition) is 2. The third kappa shape index (κ3) is 4.28. The van der Waals surface area contributed by atoms with E-state index in [9.17, 15) is 8.42 Å². The van der Waals surface area contributed by atoms with Crippen LogP contribution in [0.1, 0.15) is 5.56 Å². The van der Waals surface area contributed by atoms with E-state index >= 15 is 0 Å². The third-order valence-corrected chi connectivity index (χ3v) is 6.10. The summed E-state index contributed by atoms with van der Waals surface area (Å²) < 4.78 is 30.0. The van der Waals surface area contributed by atoms with E-state index < -0.39 is 10.0 Å². The summed E-state index contributed by atoms with van der Waals surface area (Å²) in [4.78, 5) is 0.216. The van der Waals surface area contributed by atoms with Crippen molar-refractivity contribution in [3.05, 3.63) is 95.3 Å². The Morgan fingerprint density at radius 1 is 0.897 bits per heavy atom. The van der Waals surface area contributed by atoms with Crippen molar-refractivity contribution >= 4 is 27.9 Å². The minimum Gasteiger partial charge on any atom is -0.296 e. The zero-order valence-corrected chi connectivity index (χ0v) is 17.0. The lowest BCUT2D eigenvalue weighted by atomic mass is 10.2. The van der Waals surface area contributed by atoms with E-state index in [1.807, 2.05) is 47.0 Å². The van der Waals surface area contributed by atoms with Crippen LogP contribution in [0.15, 0.2) is 89.8 Å². The lowest BCUT2D eigenvalue weighted by molar-refractivity contribution is 0.601. The monoisotopic (exact) mass is 422 g/mol. The zero-order valence-electron chi connectivity index (χ0n) is 15.3. The molecule has 0 aliphatic heterocycles. The Labute approximate surface area is 173 Å². The highest BCUT2D eigenvalue weighted by Crippen LogP contribution is 2.22. The lowest BCUT2D eigenvalue weighted by Gasteiger charge is -2.10. The minimum atomic E-state index is -3.63. The van der Waals surface area contributed by atoms with Gasteiger partial charge in [0.15, 0.2) is 10.6 Å². The Balaban J connectivity index is 1.58. The number of benzene rings is 3. The summed E-state index contributed by atoms with van der Waals surface area (Å²) in [6.45, 7) is 0.591. The topological polar surface area (TPSA) is 79.8 Å². The predicted molar refractivity (Wildman–Crippen MR) is 116 cm³/mol. The van der Waals surface area contributed by atoms with E-state index in [0.29, 0.717) is 22.8 Å². The predicted octanol–water partition coefficient (Wildman–Crippen LogP) is 4.46. The van der Waals surface area contributed by atoms with Crippen molar-refractivity contribution in [1.29, 1.82) is 0 Å². The summed E-state index contributed by atoms with van der Waals surface area (Å²) in [6.07, 6.45) is 0. The van der Waals surface area contributed by atoms with Crippen LogP contribution in [-0.4, -0.2) is 23.2 Å². The zero-order chi connectivity index (χ0) is 20.3. The highest BCUT2D eigenvalue weighted by Gasteiger charge is 2.14. The van der Waals surface area contributed by atoms with Crippen LogP contribution in [-0.2, 0) is 16.6 Å². The third-order valence-electron chi connectivity index (χ3n) is 4.39. The van der Waals surface area contributed by atoms with Crippen molar-refractivity contribution in [2.75, 3.05) is 4.72 Å². The van der Waals surface area contributed by atoms with Gasteiger partial charge in [0.2, 0.25) is 0 Å². The van der Waals surface area contributed by atoms with E-state index in [2.05, 4.69) is 14.9 Å². The van der Waals surface area contributed by atoms with Crippen molar-refractivity contribution in [1.82, 2.24) is 14.8 Å². The molecule has 0 aliphatic carbocycles. The molecule has 4 aromatic rings. The van der Waals surface area contributed by atoms with Gasteiger partial charge in [-0.15, -0.1) is 0 Å². The second-order valence-electron chi connectivity index (χ2n) is 6.42. The number of anilines is 1. The molecule has 29 heavy (non-hydrogen) atoms. The van der Waals surface area contributed by atoms with Crippen LogP contribution in [0.3, 0.4) is 0 Å². The summed E-state index contributed by atoms with van der Waals surface area (Å²) in [5, 5.41) is 7.18. The Morgan fingerprint density at radius 2 is 1.52 bits per heavy atom. The molecule has 0 radical (unpaired) electrons. The van der Waals surface area contributed by atoms with Crippen LogP contribution < -0.4 is 4.72 Å². The number of hydrogen-bond acceptors (Lipinski definition) is 4. The molecule has 1 heterocycles. The van der Waals surface area contributed by atoms with Gasteiger partial charge < -0.3 is 0 Å². The highest BCUT2D eigenvalue weighted by molar-refractivity contribution is 7.92. The number of H-pyrrole nitrogens is 1. The number of aromatic amines is 1. The lowest BCUT2D eigenvalue weighted by Crippen LogP contribution is -2.12. The Hall–Kier alpha value is -3.23. The van der Waals surface area contributed by atoms with Gasteiger partial charge in [0, 0.05) is 11.3 Å². The maximum absolute atomic E-state index is 12.5. The number of aromatic nitrogens is 3. The first-order chi connectivity index (χ1) is 14.0. The van der Waals surface area contributed by atoms with Crippen molar-refractivity contribution in [3.8, 4) is 11.4 Å². The molecule has 3 aromatic carbocycles. The molecule has 0 amide bonds. The van der Waals surface area contributed by atoms with Gasteiger partial charge in [-0.1, -0.05) is 48.5 Å². The molecule has 0 saturated carbocycles. The Morgan fingerprint density at radius 3 is 2.17 bits per heavy atom. The maximum Gasteiger partial charge on any atom is 0.261 e. The van der Waals surface area contributed by atoms with Crippen LogP contribution in [0.4, 0.5) is 5.69 Å². The molecule has 2 N–H and O–H groups in total. The normalized spacial score (nSPS) is 11.3. The largest absolute Gasteiger partial charge is 0.296 e. The van der Waals surface area contributed by atoms with E-state index in [1.165, 1.54) is 0 Å². The van der Waals surface area contributed by atoms with Gasteiger partial charge in [0.1, 0.15) is 0 Å². The van der Waals surface area contributed by atoms with Gasteiger partial charge in [-0.2, -0.15) is 5.10 Å². The average molecular weight is 423 g/mol. The molecular formula is C21H18N4O2S2. The first-order valence-electron chi connectivity index (χ1n) is 8.90. The van der Waals surface area contributed by atoms with Crippen molar-refractivity contribution in [2.45, 2.75) is 11.4 Å². The molecule has 4 rings (SSSR count). The first kappa shape index (κ1) is 19.1. The fraction of sp³-hybridized carbons (Fsp3) is 0.0476. The summed E-state index contributed by atoms with van der Waals surface area (Å²) in [5.74, 6) is 0.691. The molecule has 0 bridgehead atoms. The number of nitrogens with zero attached hydrogens (tertiary/aromatic N) is 2. The van der Waals surface area contributed by atoms with Crippen LogP contribution in [0.5, 0.6) is 0 Å². The Bertz CT molecular complexity index is 1260. The fourth-order valence-corrected chi connectivity index (χ4v) is 4.23. The molecular weight excluding hydrogens is 404 g/mol. The number of nitrogens with one attached hydrogen (secondary N) is 2. The summed E-state index contributed by atoms with van der Waals surface area (Å²) >= 11 is 5.38. The van der Waals surface area contributed by atoms with Gasteiger partial charge in [-0.25, -0.2) is 8.42 Å². The second kappa shape index (κ2) is 8.02. The van der Waals surface area contributed by atoms with Crippen LogP contribution >= 0.6 is 12.2 Å². The summed E-state index contributed by atoms with van der Waals surface area (Å²) in [6, 6.07) is 25.3. The first-order valence-corrected chi connectivity index (χ1v) is 10.8. The standard InChI is InChI=1S/C21H18N4O2S2/c26-29(27,19-9-5-2-6-10-19)24-18-13-11-17(12-14-18)20-22-23-21(28)25(20)15-16-7-3-1-4-8-16/h1-14,24H,15H2,(H,23,28). The molecule has 0 unspecified atom stereocenters. The van der Waals surface area contributed by atoms with Gasteiger partial charge in [0.05, 0.1) is 11.4 Å². The van der Waals surface area contributed by atoms with Crippen LogP contribution in [0.2, 0.25) is 0 Å². The fourth-order valence-electron chi connectivity index (χ4n) is 2.95. The maximum atomic E-state index is 12.5. The highest BCUT2D eigenvalue weighted by atomic mass is 32.2. The van der Waals surface area contributed by atoms with Gasteiger partial charge in [-0.3, -0.25) is 14.4 Å². The number of rotatable bonds is 6. The van der Waals surface area contributed by atoms with Crippen molar-refractivity contribution in [3.63, 3.8) is 0 Å². The summed E-state index contributed by atoms with van der Waals surface area (Å²) in [7, 11) is -3.63. The molecule has 0 aliphatic rings. The molecule has 0 fully saturated rings. The molecule has 1 aromatic heterocycles. The van der Waals surface area contributed by atoms with E-state index in [1.54, 1.807) is 42.5 Å². The second-order valence-corrected chi connectivity index (χ2v) is 8.49. The van der Waals surface area contributed by atoms with Gasteiger partial charge in [-0.05, 0) is 54.2 Å². The van der Waals surface area contributed by atoms with Crippen LogP contribution in [0, 0.1) is 4.77 Å². The van der Waals surface area contributed by atoms with Gasteiger partial charge >= 0.3 is 0 Å². The molecule has 0 atom stereocenters. The molecule has 0 saturated heterocycles. The van der Waals surface area contributed by atoms with E-state index in [0.717, 1.165) is 11.1 Å². The van der Waals surface area contributed by atoms with Crippen molar-refractivity contribution in [2.24, 2.45) is 0 Å². The number of sulfonamides is 1. The SMILES string of the molecule is O=S(=O)(Nc1ccc(-c2n[nH]c(=S)n2Cc2ccccc2)cc1)c1ccccc1. The molecule has 6 nitrogen and oxygen atoms in total. The smallest absolute Gasteiger partial charge is 0.261 e. The van der Waals surface area contributed by atoms with E-state index in [4.69, 9.17) is 12.2 Å². The van der Waals surface area contributed by atoms with Crippen LogP contribution in [0.25, 0.3) is 11.4 Å². The van der Waals surface area contributed by atoms with Gasteiger partial charge in [0.25, 0.3) is 10.0 Å². The molecule has 146 valence electrons. The quantitative estimate of drug-likeness (QED) is 0.450. The van der Waals surface area contributed by atoms with E-state index in [-0.39, 0.29) is 4.90 Å². The molecule has 0 spiro atoms. The Kier molecular flexibility index (Phi) is 5.28.